The fraction of sp³-hybridized carbons (Fsp3) is 0.115. The van der Waals surface area contributed by atoms with Gasteiger partial charge in [0.05, 0.1) is 23.4 Å². The van der Waals surface area contributed by atoms with Gasteiger partial charge >= 0.3 is 0 Å². The van der Waals surface area contributed by atoms with Gasteiger partial charge in [-0.25, -0.2) is 0 Å². The second-order valence-electron chi connectivity index (χ2n) is 8.06. The van der Waals surface area contributed by atoms with Gasteiger partial charge in [-0.1, -0.05) is 60.5 Å². The average molecular weight is 574 g/mol. The van der Waals surface area contributed by atoms with E-state index in [-0.39, 0.29) is 27.6 Å². The van der Waals surface area contributed by atoms with Gasteiger partial charge in [0.1, 0.15) is 22.0 Å². The molecule has 4 aromatic carbocycles. The Bertz CT molecular complexity index is 1710. The van der Waals surface area contributed by atoms with Crippen LogP contribution in [0, 0.1) is 0 Å². The molecule has 0 spiro atoms. The largest absolute Gasteiger partial charge is 0.505 e. The molecule has 0 saturated heterocycles. The third-order valence-electron chi connectivity index (χ3n) is 5.72. The zero-order chi connectivity index (χ0) is 27.6. The molecule has 12 heteroatoms. The summed E-state index contributed by atoms with van der Waals surface area (Å²) >= 11 is 12.4. The van der Waals surface area contributed by atoms with Crippen molar-refractivity contribution in [2.45, 2.75) is 18.2 Å². The molecular formula is C26H21Cl2N3O6S. The maximum Gasteiger partial charge on any atom is 0.296 e. The molecule has 0 saturated carbocycles. The van der Waals surface area contributed by atoms with E-state index >= 15 is 0 Å². The SMILES string of the molecule is CCc1ccc(S(=O)(=O)O)c(N=Nc2c(O)c(C(=O)Nc3cc(Cl)ccc3OC)cc3ccccc23)c1Cl. The zero-order valence-electron chi connectivity index (χ0n) is 20.1. The van der Waals surface area contributed by atoms with Crippen LogP contribution in [0.25, 0.3) is 10.8 Å². The lowest BCUT2D eigenvalue weighted by molar-refractivity contribution is 0.102. The number of hydrogen-bond acceptors (Lipinski definition) is 7. The summed E-state index contributed by atoms with van der Waals surface area (Å²) in [6, 6.07) is 15.6. The monoisotopic (exact) mass is 573 g/mol. The molecule has 0 heterocycles. The smallest absolute Gasteiger partial charge is 0.296 e. The molecule has 0 aliphatic heterocycles. The summed E-state index contributed by atoms with van der Waals surface area (Å²) in [6.45, 7) is 1.81. The number of azo groups is 1. The van der Waals surface area contributed by atoms with Crippen LogP contribution in [0.4, 0.5) is 17.1 Å². The zero-order valence-corrected chi connectivity index (χ0v) is 22.4. The van der Waals surface area contributed by atoms with Crippen molar-refractivity contribution in [1.82, 2.24) is 0 Å². The first kappa shape index (κ1) is 27.3. The standard InChI is InChI=1S/C26H21Cl2N3O6S/c1-3-14-8-11-21(38(34,35)36)24(22(14)28)31-30-23-17-7-5-4-6-15(17)12-18(25(23)32)26(33)29-19-13-16(27)9-10-20(19)37-2/h4-13,32H,3H2,1-2H3,(H,29,33)(H,34,35,36). The summed E-state index contributed by atoms with van der Waals surface area (Å²) in [5.74, 6) is -0.844. The lowest BCUT2D eigenvalue weighted by Gasteiger charge is -2.13. The van der Waals surface area contributed by atoms with Gasteiger partial charge < -0.3 is 15.2 Å². The number of methoxy groups -OCH3 is 1. The lowest BCUT2D eigenvalue weighted by atomic mass is 10.0. The van der Waals surface area contributed by atoms with Crippen LogP contribution in [0.1, 0.15) is 22.8 Å². The molecule has 4 aromatic rings. The number of carbonyl (C=O) groups excluding carboxylic acids is 1. The number of hydrogen-bond donors (Lipinski definition) is 3. The average Bonchev–Trinajstić information content (AvgIpc) is 2.87. The minimum absolute atomic E-state index is 0.0166. The topological polar surface area (TPSA) is 138 Å². The van der Waals surface area contributed by atoms with Crippen LogP contribution in [-0.4, -0.2) is 31.1 Å². The highest BCUT2D eigenvalue weighted by Crippen LogP contribution is 2.42. The van der Waals surface area contributed by atoms with Crippen molar-refractivity contribution >= 4 is 67.1 Å². The summed E-state index contributed by atoms with van der Waals surface area (Å²) in [6.07, 6.45) is 0.462. The predicted molar refractivity (Wildman–Crippen MR) is 146 cm³/mol. The van der Waals surface area contributed by atoms with Gasteiger partial charge in [0, 0.05) is 10.4 Å². The fourth-order valence-corrected chi connectivity index (χ4v) is 5.01. The molecule has 0 bridgehead atoms. The Balaban J connectivity index is 1.87. The van der Waals surface area contributed by atoms with Crippen molar-refractivity contribution in [3.05, 3.63) is 81.8 Å². The molecule has 0 fully saturated rings. The number of aromatic hydroxyl groups is 1. The van der Waals surface area contributed by atoms with Gasteiger partial charge in [0.15, 0.2) is 5.75 Å². The second kappa shape index (κ2) is 11.0. The van der Waals surface area contributed by atoms with Crippen molar-refractivity contribution < 1.29 is 27.6 Å². The quantitative estimate of drug-likeness (QED) is 0.156. The highest BCUT2D eigenvalue weighted by atomic mass is 35.5. The van der Waals surface area contributed by atoms with Crippen molar-refractivity contribution in [3.63, 3.8) is 0 Å². The number of aryl methyl sites for hydroxylation is 1. The molecule has 38 heavy (non-hydrogen) atoms. The number of anilines is 1. The number of ether oxygens (including phenoxy) is 1. The van der Waals surface area contributed by atoms with E-state index in [4.69, 9.17) is 27.9 Å². The Morgan fingerprint density at radius 2 is 1.74 bits per heavy atom. The van der Waals surface area contributed by atoms with Crippen molar-refractivity contribution in [3.8, 4) is 11.5 Å². The highest BCUT2D eigenvalue weighted by Gasteiger charge is 2.22. The van der Waals surface area contributed by atoms with Crippen molar-refractivity contribution in [2.75, 3.05) is 12.4 Å². The van der Waals surface area contributed by atoms with Gasteiger partial charge in [-0.2, -0.15) is 8.42 Å². The van der Waals surface area contributed by atoms with E-state index in [1.165, 1.54) is 31.4 Å². The molecule has 0 unspecified atom stereocenters. The number of phenols is 1. The molecule has 196 valence electrons. The highest BCUT2D eigenvalue weighted by molar-refractivity contribution is 7.86. The van der Waals surface area contributed by atoms with Gasteiger partial charge in [0.2, 0.25) is 0 Å². The third kappa shape index (κ3) is 5.44. The van der Waals surface area contributed by atoms with Crippen molar-refractivity contribution in [1.29, 1.82) is 0 Å². The maximum absolute atomic E-state index is 13.2. The number of benzene rings is 4. The van der Waals surface area contributed by atoms with E-state index in [0.29, 0.717) is 33.5 Å². The summed E-state index contributed by atoms with van der Waals surface area (Å²) in [5.41, 5.74) is 0.316. The molecule has 1 amide bonds. The van der Waals surface area contributed by atoms with Gasteiger partial charge in [-0.05, 0) is 47.7 Å². The van der Waals surface area contributed by atoms with Crippen LogP contribution in [-0.2, 0) is 16.5 Å². The van der Waals surface area contributed by atoms with Crippen LogP contribution < -0.4 is 10.1 Å². The second-order valence-corrected chi connectivity index (χ2v) is 10.3. The minimum Gasteiger partial charge on any atom is -0.505 e. The fourth-order valence-electron chi connectivity index (χ4n) is 3.82. The Morgan fingerprint density at radius 1 is 1.03 bits per heavy atom. The summed E-state index contributed by atoms with van der Waals surface area (Å²) in [4.78, 5) is 12.7. The Hall–Kier alpha value is -3.70. The molecule has 0 aliphatic carbocycles. The van der Waals surface area contributed by atoms with Crippen LogP contribution >= 0.6 is 23.2 Å². The first-order chi connectivity index (χ1) is 18.0. The lowest BCUT2D eigenvalue weighted by Crippen LogP contribution is -2.13. The third-order valence-corrected chi connectivity index (χ3v) is 7.26. The molecule has 0 aromatic heterocycles. The molecule has 0 aliphatic rings. The van der Waals surface area contributed by atoms with Crippen LogP contribution in [0.15, 0.2) is 75.8 Å². The number of amides is 1. The Morgan fingerprint density at radius 3 is 2.42 bits per heavy atom. The predicted octanol–water partition coefficient (Wildman–Crippen LogP) is 7.34. The van der Waals surface area contributed by atoms with Gasteiger partial charge in [0.25, 0.3) is 16.0 Å². The van der Waals surface area contributed by atoms with Crippen LogP contribution in [0.5, 0.6) is 11.5 Å². The van der Waals surface area contributed by atoms with Gasteiger partial charge in [-0.3, -0.25) is 9.35 Å². The number of nitrogens with one attached hydrogen (secondary N) is 1. The Labute approximate surface area is 228 Å². The van der Waals surface area contributed by atoms with E-state index in [1.54, 1.807) is 36.4 Å². The first-order valence-electron chi connectivity index (χ1n) is 11.1. The first-order valence-corrected chi connectivity index (χ1v) is 13.3. The van der Waals surface area contributed by atoms with Crippen LogP contribution in [0.3, 0.4) is 0 Å². The number of phenolic OH excluding ortho intramolecular Hbond substituents is 1. The van der Waals surface area contributed by atoms with E-state index < -0.39 is 26.7 Å². The normalized spacial score (nSPS) is 11.7. The van der Waals surface area contributed by atoms with E-state index in [0.717, 1.165) is 0 Å². The molecule has 3 N–H and O–H groups in total. The molecule has 9 nitrogen and oxygen atoms in total. The molecule has 0 atom stereocenters. The number of fused-ring (bicyclic) bond motifs is 1. The number of rotatable bonds is 7. The number of halogens is 2. The van der Waals surface area contributed by atoms with E-state index in [9.17, 15) is 22.9 Å². The van der Waals surface area contributed by atoms with E-state index in [2.05, 4.69) is 15.5 Å². The van der Waals surface area contributed by atoms with Crippen molar-refractivity contribution in [2.24, 2.45) is 10.2 Å². The maximum atomic E-state index is 13.2. The Kier molecular flexibility index (Phi) is 7.89. The summed E-state index contributed by atoms with van der Waals surface area (Å²) < 4.78 is 38.9. The van der Waals surface area contributed by atoms with Gasteiger partial charge in [-0.15, -0.1) is 10.2 Å². The number of nitrogens with zero attached hydrogens (tertiary/aromatic N) is 2. The summed E-state index contributed by atoms with van der Waals surface area (Å²) in [7, 11) is -3.26. The molecular weight excluding hydrogens is 553 g/mol. The molecule has 0 radical (unpaired) electrons. The minimum atomic E-state index is -4.69. The number of carbonyl (C=O) groups is 1. The summed E-state index contributed by atoms with van der Waals surface area (Å²) in [5, 5.41) is 23.2. The van der Waals surface area contributed by atoms with E-state index in [1.807, 2.05) is 6.92 Å². The van der Waals surface area contributed by atoms with Crippen LogP contribution in [0.2, 0.25) is 10.0 Å². The molecule has 4 rings (SSSR count).